The number of carbonyl (C=O) groups excluding carboxylic acids is 1. The van der Waals surface area contributed by atoms with E-state index in [2.05, 4.69) is 15.3 Å². The second-order valence-corrected chi connectivity index (χ2v) is 8.26. The minimum atomic E-state index is -0.200. The first-order valence-electron chi connectivity index (χ1n) is 7.75. The van der Waals surface area contributed by atoms with Crippen LogP contribution >= 0.6 is 34.4 Å². The maximum absolute atomic E-state index is 12.4. The highest BCUT2D eigenvalue weighted by atomic mass is 32.2. The van der Waals surface area contributed by atoms with E-state index < -0.39 is 0 Å². The van der Waals surface area contributed by atoms with Crippen molar-refractivity contribution in [2.45, 2.75) is 10.1 Å². The molecule has 0 aliphatic carbocycles. The standard InChI is InChI=1S/C18H14N4OS3/c1-22-9-8-19-18(22)26-13-6-4-12(5-7-13)20-16(23)14-11-25-17(21-14)15-3-2-10-24-15/h2-11H,1H3,(H,20,23). The van der Waals surface area contributed by atoms with E-state index in [1.165, 1.54) is 11.3 Å². The average Bonchev–Trinajstić information content (AvgIpc) is 3.38. The molecule has 3 heterocycles. The molecule has 3 aromatic heterocycles. The van der Waals surface area contributed by atoms with E-state index in [0.717, 1.165) is 25.6 Å². The molecular formula is C18H14N4OS3. The fourth-order valence-electron chi connectivity index (χ4n) is 2.25. The quantitative estimate of drug-likeness (QED) is 0.513. The Hall–Kier alpha value is -2.42. The summed E-state index contributed by atoms with van der Waals surface area (Å²) in [6, 6.07) is 11.7. The van der Waals surface area contributed by atoms with Crippen LogP contribution in [0.5, 0.6) is 0 Å². The van der Waals surface area contributed by atoms with Crippen molar-refractivity contribution in [3.05, 3.63) is 65.2 Å². The molecule has 1 N–H and O–H groups in total. The zero-order valence-corrected chi connectivity index (χ0v) is 16.2. The van der Waals surface area contributed by atoms with Crippen LogP contribution in [0.15, 0.2) is 69.6 Å². The number of aryl methyl sites for hydroxylation is 1. The molecule has 0 bridgehead atoms. The summed E-state index contributed by atoms with van der Waals surface area (Å²) in [5.74, 6) is -0.200. The minimum Gasteiger partial charge on any atom is -0.329 e. The Balaban J connectivity index is 1.42. The largest absolute Gasteiger partial charge is 0.329 e. The van der Waals surface area contributed by atoms with Gasteiger partial charge in [0.25, 0.3) is 5.91 Å². The van der Waals surface area contributed by atoms with Gasteiger partial charge in [0.1, 0.15) is 10.7 Å². The van der Waals surface area contributed by atoms with Crippen molar-refractivity contribution in [3.63, 3.8) is 0 Å². The third-order valence-corrected chi connectivity index (χ3v) is 6.53. The smallest absolute Gasteiger partial charge is 0.275 e. The summed E-state index contributed by atoms with van der Waals surface area (Å²) < 4.78 is 1.97. The summed E-state index contributed by atoms with van der Waals surface area (Å²) in [7, 11) is 1.96. The summed E-state index contributed by atoms with van der Waals surface area (Å²) in [6.07, 6.45) is 3.68. The van der Waals surface area contributed by atoms with Gasteiger partial charge in [-0.1, -0.05) is 17.8 Å². The molecule has 0 radical (unpaired) electrons. The summed E-state index contributed by atoms with van der Waals surface area (Å²) in [4.78, 5) is 23.3. The van der Waals surface area contributed by atoms with E-state index in [-0.39, 0.29) is 5.91 Å². The van der Waals surface area contributed by atoms with E-state index in [1.807, 2.05) is 59.6 Å². The topological polar surface area (TPSA) is 59.8 Å². The molecule has 0 unspecified atom stereocenters. The molecule has 0 fully saturated rings. The molecule has 0 saturated heterocycles. The Bertz CT molecular complexity index is 1020. The van der Waals surface area contributed by atoms with Gasteiger partial charge in [0.05, 0.1) is 4.88 Å². The normalized spacial score (nSPS) is 10.8. The molecule has 0 spiro atoms. The van der Waals surface area contributed by atoms with Gasteiger partial charge in [-0.2, -0.15) is 0 Å². The van der Waals surface area contributed by atoms with E-state index in [4.69, 9.17) is 0 Å². The molecule has 4 aromatic rings. The van der Waals surface area contributed by atoms with Crippen LogP contribution in [0.1, 0.15) is 10.5 Å². The molecule has 0 aliphatic rings. The first-order valence-corrected chi connectivity index (χ1v) is 10.3. The first kappa shape index (κ1) is 17.0. The molecule has 4 rings (SSSR count). The van der Waals surface area contributed by atoms with E-state index in [9.17, 15) is 4.79 Å². The van der Waals surface area contributed by atoms with E-state index in [0.29, 0.717) is 5.69 Å². The summed E-state index contributed by atoms with van der Waals surface area (Å²) in [5.41, 5.74) is 1.18. The molecule has 130 valence electrons. The van der Waals surface area contributed by atoms with Gasteiger partial charge in [0, 0.05) is 35.4 Å². The molecule has 1 amide bonds. The summed E-state index contributed by atoms with van der Waals surface area (Å²) in [6.45, 7) is 0. The molecule has 0 atom stereocenters. The lowest BCUT2D eigenvalue weighted by Gasteiger charge is -2.05. The van der Waals surface area contributed by atoms with Gasteiger partial charge in [0.15, 0.2) is 5.16 Å². The Kier molecular flexibility index (Phi) is 4.87. The fourth-order valence-corrected chi connectivity index (χ4v) is 4.66. The van der Waals surface area contributed by atoms with Gasteiger partial charge in [-0.25, -0.2) is 9.97 Å². The summed E-state index contributed by atoms with van der Waals surface area (Å²) >= 11 is 4.67. The van der Waals surface area contributed by atoms with Crippen molar-refractivity contribution in [1.82, 2.24) is 14.5 Å². The number of anilines is 1. The van der Waals surface area contributed by atoms with Crippen molar-refractivity contribution in [3.8, 4) is 9.88 Å². The number of nitrogens with one attached hydrogen (secondary N) is 1. The first-order chi connectivity index (χ1) is 12.7. The molecular weight excluding hydrogens is 384 g/mol. The Labute approximate surface area is 162 Å². The molecule has 5 nitrogen and oxygen atoms in total. The van der Waals surface area contributed by atoms with Crippen molar-refractivity contribution < 1.29 is 4.79 Å². The van der Waals surface area contributed by atoms with Crippen LogP contribution in [-0.2, 0) is 7.05 Å². The lowest BCUT2D eigenvalue weighted by molar-refractivity contribution is 0.102. The number of aromatic nitrogens is 3. The molecule has 8 heteroatoms. The number of rotatable bonds is 5. The SMILES string of the molecule is Cn1ccnc1Sc1ccc(NC(=O)c2csc(-c3cccs3)n2)cc1. The average molecular weight is 399 g/mol. The lowest BCUT2D eigenvalue weighted by Crippen LogP contribution is -2.12. The van der Waals surface area contributed by atoms with Crippen LogP contribution in [0, 0.1) is 0 Å². The van der Waals surface area contributed by atoms with Crippen molar-refractivity contribution in [2.75, 3.05) is 5.32 Å². The number of hydrogen-bond donors (Lipinski definition) is 1. The molecule has 1 aromatic carbocycles. The van der Waals surface area contributed by atoms with Crippen LogP contribution in [0.4, 0.5) is 5.69 Å². The molecule has 26 heavy (non-hydrogen) atoms. The third kappa shape index (κ3) is 3.72. The van der Waals surface area contributed by atoms with Gasteiger partial charge in [-0.15, -0.1) is 22.7 Å². The van der Waals surface area contributed by atoms with E-state index in [1.54, 1.807) is 34.7 Å². The van der Waals surface area contributed by atoms with Crippen LogP contribution in [-0.4, -0.2) is 20.4 Å². The second kappa shape index (κ2) is 7.45. The van der Waals surface area contributed by atoms with Gasteiger partial charge < -0.3 is 9.88 Å². The minimum absolute atomic E-state index is 0.200. The monoisotopic (exact) mass is 398 g/mol. The Morgan fingerprint density at radius 1 is 1.19 bits per heavy atom. The second-order valence-electron chi connectivity index (χ2n) is 5.42. The maximum atomic E-state index is 12.4. The molecule has 0 saturated carbocycles. The summed E-state index contributed by atoms with van der Waals surface area (Å²) in [5, 5.41) is 8.47. The maximum Gasteiger partial charge on any atom is 0.275 e. The Morgan fingerprint density at radius 2 is 2.04 bits per heavy atom. The van der Waals surface area contributed by atoms with Crippen LogP contribution in [0.25, 0.3) is 9.88 Å². The van der Waals surface area contributed by atoms with Crippen LogP contribution in [0.2, 0.25) is 0 Å². The number of carbonyl (C=O) groups is 1. The fraction of sp³-hybridized carbons (Fsp3) is 0.0556. The van der Waals surface area contributed by atoms with Crippen molar-refractivity contribution in [2.24, 2.45) is 7.05 Å². The van der Waals surface area contributed by atoms with Gasteiger partial charge in [-0.3, -0.25) is 4.79 Å². The highest BCUT2D eigenvalue weighted by molar-refractivity contribution is 7.99. The third-order valence-electron chi connectivity index (χ3n) is 3.57. The number of nitrogens with zero attached hydrogens (tertiary/aromatic N) is 3. The van der Waals surface area contributed by atoms with Crippen LogP contribution < -0.4 is 5.32 Å². The highest BCUT2D eigenvalue weighted by Gasteiger charge is 2.13. The zero-order chi connectivity index (χ0) is 17.9. The van der Waals surface area contributed by atoms with E-state index >= 15 is 0 Å². The predicted octanol–water partition coefficient (Wildman–Crippen LogP) is 5.01. The Morgan fingerprint density at radius 3 is 2.73 bits per heavy atom. The number of amides is 1. The number of benzene rings is 1. The lowest BCUT2D eigenvalue weighted by atomic mass is 10.3. The zero-order valence-electron chi connectivity index (χ0n) is 13.7. The van der Waals surface area contributed by atoms with Gasteiger partial charge in [-0.05, 0) is 35.7 Å². The van der Waals surface area contributed by atoms with Crippen molar-refractivity contribution in [1.29, 1.82) is 0 Å². The molecule has 0 aliphatic heterocycles. The number of thiazole rings is 1. The van der Waals surface area contributed by atoms with Gasteiger partial charge in [0.2, 0.25) is 0 Å². The highest BCUT2D eigenvalue weighted by Crippen LogP contribution is 2.29. The number of hydrogen-bond acceptors (Lipinski definition) is 6. The predicted molar refractivity (Wildman–Crippen MR) is 107 cm³/mol. The van der Waals surface area contributed by atoms with Crippen molar-refractivity contribution >= 4 is 46.0 Å². The number of thiophene rings is 1. The number of imidazole rings is 1. The van der Waals surface area contributed by atoms with Crippen LogP contribution in [0.3, 0.4) is 0 Å². The van der Waals surface area contributed by atoms with Gasteiger partial charge >= 0.3 is 0 Å².